The highest BCUT2D eigenvalue weighted by molar-refractivity contribution is 6.06. The van der Waals surface area contributed by atoms with Gasteiger partial charge in [0.15, 0.2) is 5.65 Å². The van der Waals surface area contributed by atoms with Gasteiger partial charge in [0.2, 0.25) is 0 Å². The van der Waals surface area contributed by atoms with Crippen LogP contribution in [0.2, 0.25) is 0 Å². The van der Waals surface area contributed by atoms with Gasteiger partial charge in [0.1, 0.15) is 5.82 Å². The highest BCUT2D eigenvalue weighted by Gasteiger charge is 2.26. The fraction of sp³-hybridized carbons (Fsp3) is 0.391. The largest absolute Gasteiger partial charge is 0.349 e. The van der Waals surface area contributed by atoms with Crippen molar-refractivity contribution in [1.29, 1.82) is 0 Å². The van der Waals surface area contributed by atoms with Crippen LogP contribution >= 0.6 is 0 Å². The molecule has 1 saturated carbocycles. The van der Waals surface area contributed by atoms with E-state index < -0.39 is 0 Å². The van der Waals surface area contributed by atoms with E-state index in [4.69, 9.17) is 0 Å². The monoisotopic (exact) mass is 402 g/mol. The van der Waals surface area contributed by atoms with Gasteiger partial charge in [-0.1, -0.05) is 0 Å². The number of aromatic nitrogens is 5. The molecule has 2 aliphatic heterocycles. The van der Waals surface area contributed by atoms with Gasteiger partial charge in [-0.3, -0.25) is 9.48 Å². The normalized spacial score (nSPS) is 19.4. The first-order valence-electron chi connectivity index (χ1n) is 10.5. The van der Waals surface area contributed by atoms with E-state index >= 15 is 0 Å². The molecule has 30 heavy (non-hydrogen) atoms. The van der Waals surface area contributed by atoms with Crippen molar-refractivity contribution in [2.75, 3.05) is 0 Å². The average Bonchev–Trinajstić information content (AvgIpc) is 3.32. The predicted octanol–water partition coefficient (Wildman–Crippen LogP) is 3.80. The molecular weight excluding hydrogens is 376 g/mol. The van der Waals surface area contributed by atoms with E-state index in [0.29, 0.717) is 11.6 Å². The number of hydrogen-bond acceptors (Lipinski definition) is 4. The molecule has 2 aromatic heterocycles. The van der Waals surface area contributed by atoms with Crippen molar-refractivity contribution in [2.24, 2.45) is 7.05 Å². The van der Waals surface area contributed by atoms with Crippen molar-refractivity contribution in [3.8, 4) is 11.4 Å². The third kappa shape index (κ3) is 3.14. The Morgan fingerprint density at radius 1 is 1.17 bits per heavy atom. The third-order valence-electron chi connectivity index (χ3n) is 6.24. The zero-order chi connectivity index (χ0) is 20.8. The van der Waals surface area contributed by atoms with Crippen LogP contribution in [0.3, 0.4) is 0 Å². The third-order valence-corrected chi connectivity index (χ3v) is 6.24. The van der Waals surface area contributed by atoms with Crippen LogP contribution in [0, 0.1) is 13.8 Å². The van der Waals surface area contributed by atoms with Crippen LogP contribution in [0.15, 0.2) is 36.7 Å². The van der Waals surface area contributed by atoms with Crippen LogP contribution in [-0.2, 0) is 7.05 Å². The lowest BCUT2D eigenvalue weighted by Gasteiger charge is -2.31. The lowest BCUT2D eigenvalue weighted by atomic mass is 9.90. The molecule has 0 unspecified atom stereocenters. The fourth-order valence-electron chi connectivity index (χ4n) is 4.80. The number of pyridine rings is 2. The van der Waals surface area contributed by atoms with E-state index in [-0.39, 0.29) is 11.9 Å². The van der Waals surface area contributed by atoms with Crippen molar-refractivity contribution in [3.05, 3.63) is 53.6 Å². The summed E-state index contributed by atoms with van der Waals surface area (Å²) in [4.78, 5) is 22.2. The van der Waals surface area contributed by atoms with Gasteiger partial charge in [-0.15, -0.1) is 0 Å². The number of nitrogens with one attached hydrogen (secondary N) is 1. The van der Waals surface area contributed by atoms with Gasteiger partial charge in [-0.05, 0) is 63.8 Å². The van der Waals surface area contributed by atoms with Crippen LogP contribution in [0.25, 0.3) is 22.4 Å². The van der Waals surface area contributed by atoms with Crippen LogP contribution < -0.4 is 5.32 Å². The van der Waals surface area contributed by atoms with E-state index in [0.717, 1.165) is 53.9 Å². The molecule has 5 rings (SSSR count). The molecule has 4 heterocycles. The van der Waals surface area contributed by atoms with Gasteiger partial charge in [0.25, 0.3) is 5.91 Å². The zero-order valence-electron chi connectivity index (χ0n) is 17.6. The first-order valence-corrected chi connectivity index (χ1v) is 10.5. The highest BCUT2D eigenvalue weighted by atomic mass is 16.1. The maximum Gasteiger partial charge on any atom is 0.252 e. The second-order valence-electron chi connectivity index (χ2n) is 8.34. The van der Waals surface area contributed by atoms with Crippen molar-refractivity contribution >= 4 is 16.9 Å². The minimum absolute atomic E-state index is 0.0301. The van der Waals surface area contributed by atoms with Gasteiger partial charge in [-0.25, -0.2) is 9.97 Å². The molecule has 0 saturated heterocycles. The van der Waals surface area contributed by atoms with Gasteiger partial charge >= 0.3 is 0 Å². The molecule has 0 spiro atoms. The number of carbonyl (C=O) groups excluding carboxylic acids is 1. The summed E-state index contributed by atoms with van der Waals surface area (Å²) >= 11 is 0. The van der Waals surface area contributed by atoms with Crippen LogP contribution in [0.5, 0.6) is 0 Å². The standard InChI is InChI=1S/C23H26N6O/c1-14-13-19(20-15(2)27-28(3)22(20)25-14)23(30)26-17-6-8-18(9-7-17)29-12-4-5-16-10-11-24-21(16)29/h4-5,10-13,17-18H,6-9H2,1-3H3,(H,26,30). The summed E-state index contributed by atoms with van der Waals surface area (Å²) in [6.45, 7) is 3.84. The molecule has 0 atom stereocenters. The Balaban J connectivity index is 1.31. The predicted molar refractivity (Wildman–Crippen MR) is 116 cm³/mol. The molecule has 1 aliphatic carbocycles. The molecule has 154 valence electrons. The molecule has 0 radical (unpaired) electrons. The van der Waals surface area contributed by atoms with E-state index in [1.54, 1.807) is 4.68 Å². The van der Waals surface area contributed by atoms with Crippen LogP contribution in [-0.4, -0.2) is 36.3 Å². The average molecular weight is 403 g/mol. The van der Waals surface area contributed by atoms with Gasteiger partial charge in [0.05, 0.1) is 16.6 Å². The Bertz CT molecular complexity index is 1200. The quantitative estimate of drug-likeness (QED) is 0.565. The van der Waals surface area contributed by atoms with Gasteiger partial charge in [0, 0.05) is 42.8 Å². The number of carbonyl (C=O) groups is 1. The van der Waals surface area contributed by atoms with Crippen LogP contribution in [0.4, 0.5) is 0 Å². The minimum Gasteiger partial charge on any atom is -0.349 e. The van der Waals surface area contributed by atoms with Gasteiger partial charge < -0.3 is 9.88 Å². The maximum atomic E-state index is 13.1. The topological polar surface area (TPSA) is 77.6 Å². The van der Waals surface area contributed by atoms with E-state index in [1.807, 2.05) is 33.2 Å². The number of nitrogens with zero attached hydrogens (tertiary/aromatic N) is 5. The SMILES string of the molecule is Cc1cc(C(=O)NC2CCC(n3cccc4ccnc3-4)CC2)c2c(C)nn(C)c2n1. The lowest BCUT2D eigenvalue weighted by molar-refractivity contribution is 0.0924. The molecule has 1 amide bonds. The number of hydrogen-bond donors (Lipinski definition) is 1. The molecule has 2 aromatic rings. The number of fused-ring (bicyclic) bond motifs is 2. The first kappa shape index (κ1) is 18.8. The highest BCUT2D eigenvalue weighted by Crippen LogP contribution is 2.33. The summed E-state index contributed by atoms with van der Waals surface area (Å²) in [5.41, 5.74) is 4.27. The van der Waals surface area contributed by atoms with Crippen molar-refractivity contribution in [2.45, 2.75) is 51.6 Å². The van der Waals surface area contributed by atoms with E-state index in [1.165, 1.54) is 5.56 Å². The molecule has 0 bridgehead atoms. The Labute approximate surface area is 175 Å². The zero-order valence-corrected chi connectivity index (χ0v) is 17.6. The summed E-state index contributed by atoms with van der Waals surface area (Å²) in [5, 5.41) is 8.56. The Hall–Kier alpha value is -3.22. The van der Waals surface area contributed by atoms with Crippen molar-refractivity contribution < 1.29 is 4.79 Å². The van der Waals surface area contributed by atoms with Crippen LogP contribution in [0.1, 0.15) is 53.5 Å². The molecular formula is C23H26N6O. The molecule has 0 aromatic carbocycles. The fourth-order valence-corrected chi connectivity index (χ4v) is 4.80. The lowest BCUT2D eigenvalue weighted by Crippen LogP contribution is -2.38. The van der Waals surface area contributed by atoms with Gasteiger partial charge in [-0.2, -0.15) is 5.10 Å². The summed E-state index contributed by atoms with van der Waals surface area (Å²) < 4.78 is 4.04. The summed E-state index contributed by atoms with van der Waals surface area (Å²) in [5.74, 6) is 1.02. The van der Waals surface area contributed by atoms with E-state index in [2.05, 4.69) is 49.3 Å². The minimum atomic E-state index is -0.0301. The van der Waals surface area contributed by atoms with Crippen molar-refractivity contribution in [1.82, 2.24) is 29.6 Å². The summed E-state index contributed by atoms with van der Waals surface area (Å²) in [6.07, 6.45) is 7.96. The molecule has 7 heteroatoms. The molecule has 1 N–H and O–H groups in total. The number of amides is 1. The number of aryl methyl sites for hydroxylation is 3. The van der Waals surface area contributed by atoms with Crippen molar-refractivity contribution in [3.63, 3.8) is 0 Å². The molecule has 7 nitrogen and oxygen atoms in total. The summed E-state index contributed by atoms with van der Waals surface area (Å²) in [6, 6.07) is 8.72. The first-order chi connectivity index (χ1) is 14.5. The second-order valence-corrected chi connectivity index (χ2v) is 8.34. The number of rotatable bonds is 3. The van der Waals surface area contributed by atoms with E-state index in [9.17, 15) is 4.79 Å². The Morgan fingerprint density at radius 3 is 2.77 bits per heavy atom. The Kier molecular flexibility index (Phi) is 4.53. The Morgan fingerprint density at radius 2 is 1.97 bits per heavy atom. The second kappa shape index (κ2) is 7.23. The maximum absolute atomic E-state index is 13.1. The molecule has 3 aliphatic rings. The summed E-state index contributed by atoms with van der Waals surface area (Å²) in [7, 11) is 1.87. The smallest absolute Gasteiger partial charge is 0.252 e. The molecule has 1 fully saturated rings.